The molecule has 0 bridgehead atoms. The van der Waals surface area contributed by atoms with Gasteiger partial charge in [-0.2, -0.15) is 4.98 Å². The van der Waals surface area contributed by atoms with Crippen LogP contribution in [0.1, 0.15) is 25.2 Å². The zero-order valence-corrected chi connectivity index (χ0v) is 10.2. The number of hydrogen-bond acceptors (Lipinski definition) is 5. The van der Waals surface area contributed by atoms with Crippen molar-refractivity contribution in [3.05, 3.63) is 30.3 Å². The van der Waals surface area contributed by atoms with Crippen molar-refractivity contribution < 1.29 is 4.52 Å². The van der Waals surface area contributed by atoms with E-state index in [1.54, 1.807) is 6.20 Å². The molecule has 0 unspecified atom stereocenters. The van der Waals surface area contributed by atoms with Gasteiger partial charge in [-0.05, 0) is 36.9 Å². The maximum atomic E-state index is 5.83. The van der Waals surface area contributed by atoms with E-state index in [9.17, 15) is 0 Å². The summed E-state index contributed by atoms with van der Waals surface area (Å²) in [5, 5.41) is 3.97. The fourth-order valence-corrected chi connectivity index (χ4v) is 2.38. The van der Waals surface area contributed by atoms with Gasteiger partial charge in [0, 0.05) is 12.6 Å². The van der Waals surface area contributed by atoms with E-state index in [0.29, 0.717) is 18.3 Å². The van der Waals surface area contributed by atoms with Gasteiger partial charge < -0.3 is 10.3 Å². The minimum absolute atomic E-state index is 0.188. The van der Waals surface area contributed by atoms with Gasteiger partial charge in [-0.1, -0.05) is 17.6 Å². The first kappa shape index (κ1) is 11.3. The van der Waals surface area contributed by atoms with E-state index in [1.165, 1.54) is 6.42 Å². The molecule has 1 aliphatic rings. The molecule has 0 radical (unpaired) electrons. The lowest BCUT2D eigenvalue weighted by Gasteiger charge is -2.39. The Morgan fingerprint density at radius 3 is 2.83 bits per heavy atom. The molecule has 3 rings (SSSR count). The molecule has 1 fully saturated rings. The first-order chi connectivity index (χ1) is 8.81. The van der Waals surface area contributed by atoms with Crippen LogP contribution in [0.15, 0.2) is 28.9 Å². The second-order valence-corrected chi connectivity index (χ2v) is 4.96. The van der Waals surface area contributed by atoms with E-state index in [0.717, 1.165) is 25.0 Å². The minimum atomic E-state index is 0.188. The average molecular weight is 244 g/mol. The SMILES string of the molecule is NCC1(Cc2nc(-c3ccccn3)no2)CCC1. The first-order valence-electron chi connectivity index (χ1n) is 6.25. The Kier molecular flexibility index (Phi) is 2.83. The predicted octanol–water partition coefficient (Wildman–Crippen LogP) is 1.80. The molecule has 2 aromatic rings. The van der Waals surface area contributed by atoms with E-state index >= 15 is 0 Å². The van der Waals surface area contributed by atoms with Crippen LogP contribution in [-0.2, 0) is 6.42 Å². The summed E-state index contributed by atoms with van der Waals surface area (Å²) in [7, 11) is 0. The molecule has 5 heteroatoms. The Bertz CT molecular complexity index is 513. The van der Waals surface area contributed by atoms with Crippen molar-refractivity contribution in [2.45, 2.75) is 25.7 Å². The van der Waals surface area contributed by atoms with Crippen molar-refractivity contribution in [3.8, 4) is 11.5 Å². The second-order valence-electron chi connectivity index (χ2n) is 4.96. The molecule has 1 saturated carbocycles. The molecule has 0 spiro atoms. The van der Waals surface area contributed by atoms with Crippen molar-refractivity contribution in [1.82, 2.24) is 15.1 Å². The standard InChI is InChI=1S/C13H16N4O/c14-9-13(5-3-6-13)8-11-16-12(17-18-11)10-4-1-2-7-15-10/h1-2,4,7H,3,5-6,8-9,14H2. The molecule has 1 aliphatic carbocycles. The minimum Gasteiger partial charge on any atom is -0.339 e. The van der Waals surface area contributed by atoms with Gasteiger partial charge in [0.2, 0.25) is 11.7 Å². The summed E-state index contributed by atoms with van der Waals surface area (Å²) in [6, 6.07) is 5.64. The van der Waals surface area contributed by atoms with Crippen LogP contribution in [0, 0.1) is 5.41 Å². The van der Waals surface area contributed by atoms with Gasteiger partial charge in [-0.3, -0.25) is 4.98 Å². The van der Waals surface area contributed by atoms with Crippen molar-refractivity contribution in [2.24, 2.45) is 11.1 Å². The monoisotopic (exact) mass is 244 g/mol. The summed E-state index contributed by atoms with van der Waals surface area (Å²) in [5.41, 5.74) is 6.76. The van der Waals surface area contributed by atoms with Crippen molar-refractivity contribution in [2.75, 3.05) is 6.54 Å². The van der Waals surface area contributed by atoms with Crippen molar-refractivity contribution >= 4 is 0 Å². The Balaban J connectivity index is 1.78. The third-order valence-corrected chi connectivity index (χ3v) is 3.74. The highest BCUT2D eigenvalue weighted by molar-refractivity contribution is 5.47. The molecule has 0 amide bonds. The van der Waals surface area contributed by atoms with Gasteiger partial charge in [0.1, 0.15) is 5.69 Å². The number of nitrogens with two attached hydrogens (primary N) is 1. The number of hydrogen-bond donors (Lipinski definition) is 1. The van der Waals surface area contributed by atoms with E-state index < -0.39 is 0 Å². The van der Waals surface area contributed by atoms with Crippen LogP contribution in [-0.4, -0.2) is 21.7 Å². The maximum absolute atomic E-state index is 5.83. The lowest BCUT2D eigenvalue weighted by atomic mass is 9.67. The normalized spacial score (nSPS) is 17.4. The van der Waals surface area contributed by atoms with Crippen LogP contribution in [0.2, 0.25) is 0 Å². The highest BCUT2D eigenvalue weighted by Crippen LogP contribution is 2.42. The van der Waals surface area contributed by atoms with Crippen LogP contribution in [0.25, 0.3) is 11.5 Å². The molecule has 0 aliphatic heterocycles. The number of pyridine rings is 1. The lowest BCUT2D eigenvalue weighted by Crippen LogP contribution is -2.39. The molecular weight excluding hydrogens is 228 g/mol. The first-order valence-corrected chi connectivity index (χ1v) is 6.25. The summed E-state index contributed by atoms with van der Waals surface area (Å²) in [4.78, 5) is 8.60. The molecule has 94 valence electrons. The smallest absolute Gasteiger partial charge is 0.227 e. The zero-order valence-electron chi connectivity index (χ0n) is 10.2. The fourth-order valence-electron chi connectivity index (χ4n) is 2.38. The zero-order chi connectivity index (χ0) is 12.4. The summed E-state index contributed by atoms with van der Waals surface area (Å²) in [5.74, 6) is 1.22. The van der Waals surface area contributed by atoms with Crippen LogP contribution >= 0.6 is 0 Å². The Hall–Kier alpha value is -1.75. The third kappa shape index (κ3) is 2.01. The average Bonchev–Trinajstić information content (AvgIpc) is 2.83. The van der Waals surface area contributed by atoms with Crippen LogP contribution in [0.4, 0.5) is 0 Å². The predicted molar refractivity (Wildman–Crippen MR) is 66.6 cm³/mol. The van der Waals surface area contributed by atoms with Gasteiger partial charge in [-0.15, -0.1) is 0 Å². The number of nitrogens with zero attached hydrogens (tertiary/aromatic N) is 3. The summed E-state index contributed by atoms with van der Waals surface area (Å²) >= 11 is 0. The van der Waals surface area contributed by atoms with Gasteiger partial charge in [0.25, 0.3) is 0 Å². The Morgan fingerprint density at radius 1 is 1.33 bits per heavy atom. The molecule has 0 saturated heterocycles. The molecule has 2 N–H and O–H groups in total. The second kappa shape index (κ2) is 4.49. The molecule has 5 nitrogen and oxygen atoms in total. The fraction of sp³-hybridized carbons (Fsp3) is 0.462. The summed E-state index contributed by atoms with van der Waals surface area (Å²) in [6.45, 7) is 0.689. The van der Waals surface area contributed by atoms with E-state index in [-0.39, 0.29) is 5.41 Å². The summed E-state index contributed by atoms with van der Waals surface area (Å²) < 4.78 is 5.30. The number of rotatable bonds is 4. The molecule has 2 heterocycles. The van der Waals surface area contributed by atoms with Crippen LogP contribution in [0.3, 0.4) is 0 Å². The van der Waals surface area contributed by atoms with Gasteiger partial charge in [-0.25, -0.2) is 0 Å². The van der Waals surface area contributed by atoms with Crippen molar-refractivity contribution in [3.63, 3.8) is 0 Å². The Morgan fingerprint density at radius 2 is 2.22 bits per heavy atom. The highest BCUT2D eigenvalue weighted by atomic mass is 16.5. The van der Waals surface area contributed by atoms with E-state index in [1.807, 2.05) is 18.2 Å². The largest absolute Gasteiger partial charge is 0.339 e. The van der Waals surface area contributed by atoms with E-state index in [2.05, 4.69) is 15.1 Å². The van der Waals surface area contributed by atoms with Gasteiger partial charge in [0.05, 0.1) is 0 Å². The molecule has 2 aromatic heterocycles. The molecule has 0 atom stereocenters. The lowest BCUT2D eigenvalue weighted by molar-refractivity contribution is 0.129. The maximum Gasteiger partial charge on any atom is 0.227 e. The van der Waals surface area contributed by atoms with Crippen LogP contribution < -0.4 is 5.73 Å². The van der Waals surface area contributed by atoms with Gasteiger partial charge >= 0.3 is 0 Å². The quantitative estimate of drug-likeness (QED) is 0.887. The topological polar surface area (TPSA) is 77.8 Å². The highest BCUT2D eigenvalue weighted by Gasteiger charge is 2.37. The molecule has 0 aromatic carbocycles. The third-order valence-electron chi connectivity index (χ3n) is 3.74. The van der Waals surface area contributed by atoms with Crippen LogP contribution in [0.5, 0.6) is 0 Å². The summed E-state index contributed by atoms with van der Waals surface area (Å²) in [6.07, 6.45) is 6.07. The molecule has 18 heavy (non-hydrogen) atoms. The molecular formula is C13H16N4O. The Labute approximate surface area is 105 Å². The number of aromatic nitrogens is 3. The van der Waals surface area contributed by atoms with Crippen molar-refractivity contribution in [1.29, 1.82) is 0 Å². The van der Waals surface area contributed by atoms with E-state index in [4.69, 9.17) is 10.3 Å². The van der Waals surface area contributed by atoms with Gasteiger partial charge in [0.15, 0.2) is 0 Å².